The van der Waals surface area contributed by atoms with Crippen molar-refractivity contribution in [3.63, 3.8) is 0 Å². The first-order chi connectivity index (χ1) is 12.4. The SMILES string of the molecule is C=C[C@@H]([C@H](C)c1cccc(F)c1F)N1CCC[C@]1(CCC)C(=O)OCC. The molecule has 2 rings (SSSR count). The van der Waals surface area contributed by atoms with Gasteiger partial charge in [0.25, 0.3) is 0 Å². The fourth-order valence-corrected chi connectivity index (χ4v) is 4.26. The first kappa shape index (κ1) is 20.6. The van der Waals surface area contributed by atoms with Crippen LogP contribution in [0, 0.1) is 11.6 Å². The molecule has 26 heavy (non-hydrogen) atoms. The normalized spacial score (nSPS) is 22.8. The van der Waals surface area contributed by atoms with Gasteiger partial charge in [-0.1, -0.05) is 38.5 Å². The average Bonchev–Trinajstić information content (AvgIpc) is 3.03. The minimum atomic E-state index is -0.858. The maximum Gasteiger partial charge on any atom is 0.326 e. The second kappa shape index (κ2) is 8.76. The number of hydrogen-bond acceptors (Lipinski definition) is 3. The molecule has 1 aliphatic heterocycles. The molecule has 1 aromatic carbocycles. The van der Waals surface area contributed by atoms with E-state index in [0.29, 0.717) is 31.6 Å². The summed E-state index contributed by atoms with van der Waals surface area (Å²) in [6, 6.07) is 3.94. The highest BCUT2D eigenvalue weighted by atomic mass is 19.2. The molecule has 144 valence electrons. The van der Waals surface area contributed by atoms with Crippen LogP contribution in [0.5, 0.6) is 0 Å². The Morgan fingerprint density at radius 2 is 2.15 bits per heavy atom. The minimum Gasteiger partial charge on any atom is -0.465 e. The fraction of sp³-hybridized carbons (Fsp3) is 0.571. The average molecular weight is 365 g/mol. The van der Waals surface area contributed by atoms with E-state index < -0.39 is 17.2 Å². The Labute approximate surface area is 155 Å². The number of hydrogen-bond donors (Lipinski definition) is 0. The van der Waals surface area contributed by atoms with Gasteiger partial charge >= 0.3 is 5.97 Å². The Hall–Kier alpha value is -1.75. The summed E-state index contributed by atoms with van der Waals surface area (Å²) in [5.41, 5.74) is -0.419. The molecule has 0 aromatic heterocycles. The Morgan fingerprint density at radius 1 is 1.42 bits per heavy atom. The van der Waals surface area contributed by atoms with Gasteiger partial charge in [0.15, 0.2) is 11.6 Å². The van der Waals surface area contributed by atoms with Crippen molar-refractivity contribution in [1.82, 2.24) is 4.90 Å². The predicted octanol–water partition coefficient (Wildman–Crippen LogP) is 4.82. The van der Waals surface area contributed by atoms with E-state index >= 15 is 0 Å². The summed E-state index contributed by atoms with van der Waals surface area (Å²) in [7, 11) is 0. The molecule has 0 bridgehead atoms. The fourth-order valence-electron chi connectivity index (χ4n) is 4.26. The van der Waals surface area contributed by atoms with Gasteiger partial charge in [-0.05, 0) is 44.4 Å². The van der Waals surface area contributed by atoms with Crippen molar-refractivity contribution in [2.75, 3.05) is 13.2 Å². The topological polar surface area (TPSA) is 29.5 Å². The number of nitrogens with zero attached hydrogens (tertiary/aromatic N) is 1. The molecule has 0 spiro atoms. The highest BCUT2D eigenvalue weighted by molar-refractivity contribution is 5.81. The van der Waals surface area contributed by atoms with Crippen LogP contribution in [-0.4, -0.2) is 35.6 Å². The third kappa shape index (κ3) is 3.68. The molecule has 0 aliphatic carbocycles. The Balaban J connectivity index is 2.41. The number of esters is 1. The molecular formula is C21H29F2NO2. The highest BCUT2D eigenvalue weighted by Gasteiger charge is 2.50. The van der Waals surface area contributed by atoms with E-state index in [-0.39, 0.29) is 17.9 Å². The lowest BCUT2D eigenvalue weighted by molar-refractivity contribution is -0.158. The smallest absolute Gasteiger partial charge is 0.326 e. The quantitative estimate of drug-likeness (QED) is 0.489. The summed E-state index contributed by atoms with van der Waals surface area (Å²) < 4.78 is 33.4. The molecule has 0 radical (unpaired) electrons. The summed E-state index contributed by atoms with van der Waals surface area (Å²) >= 11 is 0. The van der Waals surface area contributed by atoms with E-state index in [4.69, 9.17) is 4.74 Å². The maximum atomic E-state index is 14.3. The largest absolute Gasteiger partial charge is 0.465 e. The maximum absolute atomic E-state index is 14.3. The summed E-state index contributed by atoms with van der Waals surface area (Å²) in [6.07, 6.45) is 4.82. The van der Waals surface area contributed by atoms with E-state index in [0.717, 1.165) is 18.9 Å². The van der Waals surface area contributed by atoms with Crippen LogP contribution in [0.4, 0.5) is 8.78 Å². The summed E-state index contributed by atoms with van der Waals surface area (Å²) in [6.45, 7) is 10.6. The van der Waals surface area contributed by atoms with Crippen molar-refractivity contribution >= 4 is 5.97 Å². The standard InChI is InChI=1S/C21H29F2NO2/c1-5-12-21(20(25)26-7-3)13-9-14-24(21)18(6-2)15(4)16-10-8-11-17(22)19(16)23/h6,8,10-11,15,18H,2,5,7,9,12-14H2,1,3-4H3/t15-,18+,21-/m1/s1. The molecule has 3 atom stereocenters. The van der Waals surface area contributed by atoms with Crippen LogP contribution in [0.3, 0.4) is 0 Å². The lowest BCUT2D eigenvalue weighted by atomic mass is 9.85. The van der Waals surface area contributed by atoms with Crippen LogP contribution in [0.25, 0.3) is 0 Å². The zero-order chi connectivity index (χ0) is 19.3. The van der Waals surface area contributed by atoms with E-state index in [1.165, 1.54) is 6.07 Å². The molecule has 0 N–H and O–H groups in total. The Bertz CT molecular complexity index is 649. The molecule has 1 fully saturated rings. The van der Waals surface area contributed by atoms with Gasteiger partial charge in [-0.2, -0.15) is 0 Å². The molecule has 1 aromatic rings. The van der Waals surface area contributed by atoms with E-state index in [2.05, 4.69) is 11.5 Å². The van der Waals surface area contributed by atoms with Crippen LogP contribution >= 0.6 is 0 Å². The molecule has 0 unspecified atom stereocenters. The van der Waals surface area contributed by atoms with Gasteiger partial charge in [0.2, 0.25) is 0 Å². The van der Waals surface area contributed by atoms with Crippen molar-refractivity contribution < 1.29 is 18.3 Å². The van der Waals surface area contributed by atoms with Crippen molar-refractivity contribution in [3.8, 4) is 0 Å². The van der Waals surface area contributed by atoms with Crippen LogP contribution in [0.2, 0.25) is 0 Å². The zero-order valence-electron chi connectivity index (χ0n) is 15.9. The first-order valence-corrected chi connectivity index (χ1v) is 9.43. The van der Waals surface area contributed by atoms with Crippen molar-refractivity contribution in [2.45, 2.75) is 64.0 Å². The van der Waals surface area contributed by atoms with Crippen molar-refractivity contribution in [3.05, 3.63) is 48.1 Å². The number of ether oxygens (including phenoxy) is 1. The number of benzene rings is 1. The molecule has 1 heterocycles. The van der Waals surface area contributed by atoms with E-state index in [9.17, 15) is 13.6 Å². The molecule has 3 nitrogen and oxygen atoms in total. The van der Waals surface area contributed by atoms with Crippen molar-refractivity contribution in [2.24, 2.45) is 0 Å². The second-order valence-electron chi connectivity index (χ2n) is 6.96. The zero-order valence-corrected chi connectivity index (χ0v) is 15.9. The van der Waals surface area contributed by atoms with Crippen LogP contribution in [0.15, 0.2) is 30.9 Å². The summed E-state index contributed by atoms with van der Waals surface area (Å²) in [4.78, 5) is 14.9. The second-order valence-corrected chi connectivity index (χ2v) is 6.96. The lowest BCUT2D eigenvalue weighted by Crippen LogP contribution is -2.56. The van der Waals surface area contributed by atoms with Gasteiger partial charge in [0.05, 0.1) is 6.61 Å². The van der Waals surface area contributed by atoms with Gasteiger partial charge in [-0.3, -0.25) is 9.69 Å². The Morgan fingerprint density at radius 3 is 2.77 bits per heavy atom. The predicted molar refractivity (Wildman–Crippen MR) is 99.0 cm³/mol. The minimum absolute atomic E-state index is 0.224. The van der Waals surface area contributed by atoms with Gasteiger partial charge in [-0.15, -0.1) is 6.58 Å². The van der Waals surface area contributed by atoms with Gasteiger partial charge < -0.3 is 4.74 Å². The molecule has 1 aliphatic rings. The van der Waals surface area contributed by atoms with Crippen LogP contribution < -0.4 is 0 Å². The van der Waals surface area contributed by atoms with Crippen molar-refractivity contribution in [1.29, 1.82) is 0 Å². The monoisotopic (exact) mass is 365 g/mol. The van der Waals surface area contributed by atoms with E-state index in [1.54, 1.807) is 19.1 Å². The van der Waals surface area contributed by atoms with Crippen LogP contribution in [-0.2, 0) is 9.53 Å². The number of halogens is 2. The number of carbonyl (C=O) groups is 1. The number of rotatable bonds is 8. The highest BCUT2D eigenvalue weighted by Crippen LogP contribution is 2.40. The van der Waals surface area contributed by atoms with Gasteiger partial charge in [0.1, 0.15) is 5.54 Å². The molecule has 5 heteroatoms. The molecular weight excluding hydrogens is 336 g/mol. The molecule has 0 amide bonds. The third-order valence-electron chi connectivity index (χ3n) is 5.44. The Kier molecular flexibility index (Phi) is 6.93. The first-order valence-electron chi connectivity index (χ1n) is 9.43. The van der Waals surface area contributed by atoms with E-state index in [1.807, 2.05) is 13.8 Å². The number of carbonyl (C=O) groups excluding carboxylic acids is 1. The summed E-state index contributed by atoms with van der Waals surface area (Å²) in [5, 5.41) is 0. The molecule has 0 saturated carbocycles. The van der Waals surface area contributed by atoms with Crippen LogP contribution in [0.1, 0.15) is 57.9 Å². The summed E-state index contributed by atoms with van der Waals surface area (Å²) in [5.74, 6) is -2.25. The van der Waals surface area contributed by atoms with Gasteiger partial charge in [0, 0.05) is 12.0 Å². The number of likely N-dealkylation sites (tertiary alicyclic amines) is 1. The van der Waals surface area contributed by atoms with Gasteiger partial charge in [-0.25, -0.2) is 8.78 Å². The lowest BCUT2D eigenvalue weighted by Gasteiger charge is -2.42. The molecule has 1 saturated heterocycles. The third-order valence-corrected chi connectivity index (χ3v) is 5.44.